The highest BCUT2D eigenvalue weighted by Gasteiger charge is 2.37. The minimum absolute atomic E-state index is 0.419. The van der Waals surface area contributed by atoms with Crippen molar-refractivity contribution in [1.82, 2.24) is 5.32 Å². The fourth-order valence-corrected chi connectivity index (χ4v) is 3.39. The quantitative estimate of drug-likeness (QED) is 0.798. The summed E-state index contributed by atoms with van der Waals surface area (Å²) in [5, 5.41) is 3.77. The SMILES string of the molecule is Cc1cccc(N2CCNC3(CCCC3)C2)c1. The number of aryl methyl sites for hydroxylation is 1. The van der Waals surface area contributed by atoms with Gasteiger partial charge in [0.25, 0.3) is 0 Å². The number of hydrogen-bond acceptors (Lipinski definition) is 2. The van der Waals surface area contributed by atoms with Crippen molar-refractivity contribution in [3.8, 4) is 0 Å². The third-order valence-corrected chi connectivity index (χ3v) is 4.30. The minimum Gasteiger partial charge on any atom is -0.368 e. The van der Waals surface area contributed by atoms with E-state index in [9.17, 15) is 0 Å². The van der Waals surface area contributed by atoms with Gasteiger partial charge in [-0.25, -0.2) is 0 Å². The predicted octanol–water partition coefficient (Wildman–Crippen LogP) is 2.72. The summed E-state index contributed by atoms with van der Waals surface area (Å²) >= 11 is 0. The average molecular weight is 230 g/mol. The molecule has 2 aliphatic rings. The normalized spacial score (nSPS) is 23.2. The highest BCUT2D eigenvalue weighted by Crippen LogP contribution is 2.33. The number of rotatable bonds is 1. The Morgan fingerprint density at radius 3 is 2.82 bits per heavy atom. The van der Waals surface area contributed by atoms with Gasteiger partial charge in [-0.3, -0.25) is 0 Å². The molecule has 1 aliphatic carbocycles. The molecule has 1 aromatic carbocycles. The zero-order valence-electron chi connectivity index (χ0n) is 10.7. The van der Waals surface area contributed by atoms with Crippen molar-refractivity contribution in [1.29, 1.82) is 0 Å². The molecule has 0 atom stereocenters. The Kier molecular flexibility index (Phi) is 2.83. The Morgan fingerprint density at radius 1 is 1.24 bits per heavy atom. The van der Waals surface area contributed by atoms with E-state index in [4.69, 9.17) is 0 Å². The molecule has 0 radical (unpaired) electrons. The van der Waals surface area contributed by atoms with Crippen molar-refractivity contribution in [2.24, 2.45) is 0 Å². The minimum atomic E-state index is 0.419. The van der Waals surface area contributed by atoms with Crippen LogP contribution in [0.25, 0.3) is 0 Å². The molecule has 2 fully saturated rings. The van der Waals surface area contributed by atoms with E-state index < -0.39 is 0 Å². The maximum Gasteiger partial charge on any atom is 0.0369 e. The first-order chi connectivity index (χ1) is 8.27. The third kappa shape index (κ3) is 2.19. The number of benzene rings is 1. The van der Waals surface area contributed by atoms with Crippen molar-refractivity contribution < 1.29 is 0 Å². The van der Waals surface area contributed by atoms with Crippen LogP contribution >= 0.6 is 0 Å². The Labute approximate surface area is 104 Å². The van der Waals surface area contributed by atoms with Gasteiger partial charge in [0.1, 0.15) is 0 Å². The van der Waals surface area contributed by atoms with Gasteiger partial charge < -0.3 is 10.2 Å². The van der Waals surface area contributed by atoms with Crippen LogP contribution in [-0.4, -0.2) is 25.2 Å². The van der Waals surface area contributed by atoms with E-state index in [-0.39, 0.29) is 0 Å². The average Bonchev–Trinajstić information content (AvgIpc) is 2.77. The van der Waals surface area contributed by atoms with Crippen LogP contribution in [0.1, 0.15) is 31.2 Å². The van der Waals surface area contributed by atoms with Crippen LogP contribution in [0.3, 0.4) is 0 Å². The second-order valence-electron chi connectivity index (χ2n) is 5.67. The van der Waals surface area contributed by atoms with E-state index in [0.29, 0.717) is 5.54 Å². The van der Waals surface area contributed by atoms with Crippen molar-refractivity contribution in [3.05, 3.63) is 29.8 Å². The molecule has 1 N–H and O–H groups in total. The monoisotopic (exact) mass is 230 g/mol. The topological polar surface area (TPSA) is 15.3 Å². The Morgan fingerprint density at radius 2 is 2.06 bits per heavy atom. The molecule has 3 rings (SSSR count). The first-order valence-electron chi connectivity index (χ1n) is 6.84. The Bertz CT molecular complexity index is 394. The van der Waals surface area contributed by atoms with Crippen molar-refractivity contribution in [2.45, 2.75) is 38.1 Å². The summed E-state index contributed by atoms with van der Waals surface area (Å²) in [6.07, 6.45) is 5.51. The van der Waals surface area contributed by atoms with Gasteiger partial charge in [-0.1, -0.05) is 25.0 Å². The summed E-state index contributed by atoms with van der Waals surface area (Å²) in [7, 11) is 0. The molecule has 0 bridgehead atoms. The molecule has 0 aromatic heterocycles. The highest BCUT2D eigenvalue weighted by atomic mass is 15.2. The number of anilines is 1. The van der Waals surface area contributed by atoms with Gasteiger partial charge in [-0.15, -0.1) is 0 Å². The maximum absolute atomic E-state index is 3.77. The van der Waals surface area contributed by atoms with Gasteiger partial charge in [0.15, 0.2) is 0 Å². The predicted molar refractivity (Wildman–Crippen MR) is 72.6 cm³/mol. The second-order valence-corrected chi connectivity index (χ2v) is 5.67. The van der Waals surface area contributed by atoms with E-state index in [0.717, 1.165) is 13.1 Å². The van der Waals surface area contributed by atoms with Crippen molar-refractivity contribution >= 4 is 5.69 Å². The molecule has 1 spiro atoms. The molecule has 2 nitrogen and oxygen atoms in total. The zero-order chi connectivity index (χ0) is 11.7. The van der Waals surface area contributed by atoms with Gasteiger partial charge >= 0.3 is 0 Å². The molecule has 17 heavy (non-hydrogen) atoms. The first-order valence-corrected chi connectivity index (χ1v) is 6.84. The molecule has 0 amide bonds. The molecule has 92 valence electrons. The van der Waals surface area contributed by atoms with Crippen LogP contribution in [0.2, 0.25) is 0 Å². The lowest BCUT2D eigenvalue weighted by molar-refractivity contribution is 0.304. The molecule has 1 aliphatic heterocycles. The van der Waals surface area contributed by atoms with E-state index >= 15 is 0 Å². The lowest BCUT2D eigenvalue weighted by atomic mass is 9.94. The van der Waals surface area contributed by atoms with Crippen LogP contribution in [0.15, 0.2) is 24.3 Å². The van der Waals surface area contributed by atoms with Gasteiger partial charge in [0.05, 0.1) is 0 Å². The van der Waals surface area contributed by atoms with Crippen LogP contribution in [0.5, 0.6) is 0 Å². The summed E-state index contributed by atoms with van der Waals surface area (Å²) in [6, 6.07) is 8.92. The van der Waals surface area contributed by atoms with E-state index in [1.54, 1.807) is 0 Å². The standard InChI is InChI=1S/C15H22N2/c1-13-5-4-6-14(11-13)17-10-9-16-15(12-17)7-2-3-8-15/h4-6,11,16H,2-3,7-10,12H2,1H3. The van der Waals surface area contributed by atoms with Crippen LogP contribution < -0.4 is 10.2 Å². The summed E-state index contributed by atoms with van der Waals surface area (Å²) in [4.78, 5) is 2.56. The molecule has 1 heterocycles. The lowest BCUT2D eigenvalue weighted by Crippen LogP contribution is -2.59. The number of piperazine rings is 1. The summed E-state index contributed by atoms with van der Waals surface area (Å²) in [6.45, 7) is 5.65. The summed E-state index contributed by atoms with van der Waals surface area (Å²) < 4.78 is 0. The molecule has 1 saturated carbocycles. The fourth-order valence-electron chi connectivity index (χ4n) is 3.39. The Balaban J connectivity index is 1.79. The van der Waals surface area contributed by atoms with E-state index in [1.807, 2.05) is 0 Å². The molecule has 1 aromatic rings. The third-order valence-electron chi connectivity index (χ3n) is 4.30. The van der Waals surface area contributed by atoms with Crippen LogP contribution in [0, 0.1) is 6.92 Å². The van der Waals surface area contributed by atoms with Gasteiger partial charge in [-0.2, -0.15) is 0 Å². The van der Waals surface area contributed by atoms with E-state index in [2.05, 4.69) is 41.4 Å². The number of nitrogens with zero attached hydrogens (tertiary/aromatic N) is 1. The van der Waals surface area contributed by atoms with Gasteiger partial charge in [-0.05, 0) is 37.5 Å². The summed E-state index contributed by atoms with van der Waals surface area (Å²) in [5.41, 5.74) is 3.18. The highest BCUT2D eigenvalue weighted by molar-refractivity contribution is 5.49. The second kappa shape index (κ2) is 4.34. The lowest BCUT2D eigenvalue weighted by Gasteiger charge is -2.42. The number of hydrogen-bond donors (Lipinski definition) is 1. The van der Waals surface area contributed by atoms with Crippen LogP contribution in [-0.2, 0) is 0 Å². The molecule has 1 saturated heterocycles. The van der Waals surface area contributed by atoms with E-state index in [1.165, 1.54) is 43.5 Å². The van der Waals surface area contributed by atoms with Crippen molar-refractivity contribution in [2.75, 3.05) is 24.5 Å². The maximum atomic E-state index is 3.77. The van der Waals surface area contributed by atoms with Gasteiger partial charge in [0, 0.05) is 30.9 Å². The molecule has 0 unspecified atom stereocenters. The molecule has 2 heteroatoms. The smallest absolute Gasteiger partial charge is 0.0369 e. The van der Waals surface area contributed by atoms with Gasteiger partial charge in [0.2, 0.25) is 0 Å². The largest absolute Gasteiger partial charge is 0.368 e. The molecular formula is C15H22N2. The van der Waals surface area contributed by atoms with Crippen molar-refractivity contribution in [3.63, 3.8) is 0 Å². The first kappa shape index (κ1) is 11.1. The zero-order valence-corrected chi connectivity index (χ0v) is 10.7. The fraction of sp³-hybridized carbons (Fsp3) is 0.600. The molecular weight excluding hydrogens is 208 g/mol. The number of nitrogens with one attached hydrogen (secondary N) is 1. The Hall–Kier alpha value is -1.02. The van der Waals surface area contributed by atoms with Crippen LogP contribution in [0.4, 0.5) is 5.69 Å². The summed E-state index contributed by atoms with van der Waals surface area (Å²) in [5.74, 6) is 0.